The highest BCUT2D eigenvalue weighted by Crippen LogP contribution is 2.13. The fraction of sp³-hybridized carbons (Fsp3) is 0.500. The molecule has 2 N–H and O–H groups in total. The molecule has 26 heavy (non-hydrogen) atoms. The highest BCUT2D eigenvalue weighted by atomic mass is 16.5. The van der Waals surface area contributed by atoms with Crippen molar-refractivity contribution in [1.29, 1.82) is 0 Å². The van der Waals surface area contributed by atoms with Gasteiger partial charge in [-0.25, -0.2) is 9.59 Å². The number of Topliss-reactive ketones (excluding diaryl/α,β-unsaturated/α-hetero) is 1. The lowest BCUT2D eigenvalue weighted by Crippen LogP contribution is -2.44. The Bertz CT molecular complexity index is 582. The van der Waals surface area contributed by atoms with Gasteiger partial charge in [0, 0.05) is 38.3 Å². The van der Waals surface area contributed by atoms with Crippen molar-refractivity contribution in [3.8, 4) is 5.75 Å². The number of carbonyl (C=O) groups excluding carboxylic acids is 1. The van der Waals surface area contributed by atoms with Crippen molar-refractivity contribution < 1.29 is 29.3 Å². The number of rotatable bonds is 6. The Morgan fingerprint density at radius 3 is 2.00 bits per heavy atom. The van der Waals surface area contributed by atoms with Gasteiger partial charge in [-0.15, -0.1) is 0 Å². The molecule has 1 aromatic rings. The van der Waals surface area contributed by atoms with Gasteiger partial charge in [-0.3, -0.25) is 4.79 Å². The molecule has 1 heterocycles. The molecular weight excluding hydrogens is 340 g/mol. The van der Waals surface area contributed by atoms with E-state index in [1.54, 1.807) is 6.92 Å². The van der Waals surface area contributed by atoms with Crippen LogP contribution in [0.25, 0.3) is 0 Å². The van der Waals surface area contributed by atoms with Crippen LogP contribution in [-0.2, 0) is 9.59 Å². The van der Waals surface area contributed by atoms with E-state index in [1.807, 2.05) is 24.3 Å². The smallest absolute Gasteiger partial charge is 0.414 e. The summed E-state index contributed by atoms with van der Waals surface area (Å²) in [5.41, 5.74) is 0.731. The number of benzene rings is 1. The molecule has 0 atom stereocenters. The first-order valence-electron chi connectivity index (χ1n) is 8.40. The van der Waals surface area contributed by atoms with Gasteiger partial charge in [0.1, 0.15) is 5.75 Å². The third-order valence-corrected chi connectivity index (χ3v) is 3.93. The zero-order chi connectivity index (χ0) is 19.5. The van der Waals surface area contributed by atoms with Gasteiger partial charge < -0.3 is 24.7 Å². The average molecular weight is 366 g/mol. The summed E-state index contributed by atoms with van der Waals surface area (Å²) < 4.78 is 5.70. The Morgan fingerprint density at radius 1 is 1.00 bits per heavy atom. The van der Waals surface area contributed by atoms with Crippen molar-refractivity contribution in [2.75, 3.05) is 46.4 Å². The fourth-order valence-electron chi connectivity index (χ4n) is 2.34. The maximum atomic E-state index is 11.2. The van der Waals surface area contributed by atoms with Crippen molar-refractivity contribution in [3.63, 3.8) is 0 Å². The standard InChI is InChI=1S/C16H24N2O2.C2H2O4/c1-14(19)15-4-6-16(7-5-15)20-13-3-8-18-11-9-17(2)10-12-18;3-1(4)2(5)6/h4-7H,3,8-13H2,1-2H3;(H,3,4)(H,5,6). The van der Waals surface area contributed by atoms with Crippen LogP contribution in [-0.4, -0.2) is 84.1 Å². The quantitative estimate of drug-likeness (QED) is 0.437. The number of piperazine rings is 1. The number of nitrogens with zero attached hydrogens (tertiary/aromatic N) is 2. The second kappa shape index (κ2) is 11.2. The zero-order valence-corrected chi connectivity index (χ0v) is 15.2. The summed E-state index contributed by atoms with van der Waals surface area (Å²) in [6.07, 6.45) is 1.04. The van der Waals surface area contributed by atoms with E-state index in [0.29, 0.717) is 0 Å². The normalized spacial score (nSPS) is 14.8. The van der Waals surface area contributed by atoms with E-state index in [9.17, 15) is 4.79 Å². The minimum absolute atomic E-state index is 0.0895. The van der Waals surface area contributed by atoms with Gasteiger partial charge >= 0.3 is 11.9 Å². The number of carboxylic acid groups (broad SMARTS) is 2. The van der Waals surface area contributed by atoms with Crippen molar-refractivity contribution in [3.05, 3.63) is 29.8 Å². The van der Waals surface area contributed by atoms with Crippen LogP contribution >= 0.6 is 0 Å². The van der Waals surface area contributed by atoms with Gasteiger partial charge in [-0.05, 0) is 44.7 Å². The summed E-state index contributed by atoms with van der Waals surface area (Å²) in [7, 11) is 2.17. The number of hydrogen-bond acceptors (Lipinski definition) is 6. The van der Waals surface area contributed by atoms with Gasteiger partial charge in [-0.2, -0.15) is 0 Å². The monoisotopic (exact) mass is 366 g/mol. The molecule has 1 aliphatic rings. The van der Waals surface area contributed by atoms with E-state index in [1.165, 1.54) is 0 Å². The molecule has 0 aromatic heterocycles. The summed E-state index contributed by atoms with van der Waals surface area (Å²) in [5, 5.41) is 14.8. The lowest BCUT2D eigenvalue weighted by Gasteiger charge is -2.32. The molecule has 0 saturated carbocycles. The number of ketones is 1. The molecular formula is C18H26N2O6. The van der Waals surface area contributed by atoms with Crippen molar-refractivity contribution in [2.24, 2.45) is 0 Å². The van der Waals surface area contributed by atoms with E-state index in [-0.39, 0.29) is 5.78 Å². The Kier molecular flexibility index (Phi) is 9.32. The van der Waals surface area contributed by atoms with Crippen LogP contribution < -0.4 is 4.74 Å². The first-order valence-corrected chi connectivity index (χ1v) is 8.40. The summed E-state index contributed by atoms with van der Waals surface area (Å²) in [4.78, 5) is 34.2. The van der Waals surface area contributed by atoms with E-state index < -0.39 is 11.9 Å². The van der Waals surface area contributed by atoms with Crippen LogP contribution in [0.4, 0.5) is 0 Å². The van der Waals surface area contributed by atoms with Crippen molar-refractivity contribution in [2.45, 2.75) is 13.3 Å². The maximum absolute atomic E-state index is 11.2. The van der Waals surface area contributed by atoms with Gasteiger partial charge in [0.15, 0.2) is 5.78 Å². The van der Waals surface area contributed by atoms with Gasteiger partial charge in [0.05, 0.1) is 6.61 Å². The molecule has 144 valence electrons. The number of ether oxygens (including phenoxy) is 1. The minimum atomic E-state index is -1.82. The number of hydrogen-bond donors (Lipinski definition) is 2. The van der Waals surface area contributed by atoms with Crippen LogP contribution in [0.1, 0.15) is 23.7 Å². The Balaban J connectivity index is 0.000000487. The molecule has 0 radical (unpaired) electrons. The van der Waals surface area contributed by atoms with Gasteiger partial charge in [0.25, 0.3) is 0 Å². The largest absolute Gasteiger partial charge is 0.494 e. The van der Waals surface area contributed by atoms with Crippen LogP contribution in [0.15, 0.2) is 24.3 Å². The van der Waals surface area contributed by atoms with Crippen molar-refractivity contribution >= 4 is 17.7 Å². The molecule has 1 aliphatic heterocycles. The molecule has 0 bridgehead atoms. The van der Waals surface area contributed by atoms with E-state index in [2.05, 4.69) is 16.8 Å². The van der Waals surface area contributed by atoms with E-state index in [4.69, 9.17) is 24.5 Å². The number of likely N-dealkylation sites (N-methyl/N-ethyl adjacent to an activating group) is 1. The Hall–Kier alpha value is -2.45. The van der Waals surface area contributed by atoms with Crippen LogP contribution in [0, 0.1) is 0 Å². The molecule has 0 amide bonds. The summed E-state index contributed by atoms with van der Waals surface area (Å²) >= 11 is 0. The number of carbonyl (C=O) groups is 3. The first-order chi connectivity index (χ1) is 12.3. The molecule has 0 spiro atoms. The van der Waals surface area contributed by atoms with Gasteiger partial charge in [-0.1, -0.05) is 0 Å². The highest BCUT2D eigenvalue weighted by Gasteiger charge is 2.12. The lowest BCUT2D eigenvalue weighted by molar-refractivity contribution is -0.159. The SMILES string of the molecule is CC(=O)c1ccc(OCCCN2CCN(C)CC2)cc1.O=C(O)C(=O)O. The number of aliphatic carboxylic acids is 2. The zero-order valence-electron chi connectivity index (χ0n) is 15.2. The number of carboxylic acids is 2. The molecule has 1 saturated heterocycles. The first kappa shape index (κ1) is 21.6. The minimum Gasteiger partial charge on any atom is -0.494 e. The molecule has 1 fully saturated rings. The molecule has 2 rings (SSSR count). The molecule has 8 nitrogen and oxygen atoms in total. The third kappa shape index (κ3) is 8.59. The second-order valence-corrected chi connectivity index (χ2v) is 6.04. The van der Waals surface area contributed by atoms with E-state index in [0.717, 1.165) is 57.1 Å². The molecule has 0 unspecified atom stereocenters. The van der Waals surface area contributed by atoms with Crippen LogP contribution in [0.3, 0.4) is 0 Å². The molecule has 1 aromatic carbocycles. The maximum Gasteiger partial charge on any atom is 0.414 e. The van der Waals surface area contributed by atoms with Gasteiger partial charge in [0.2, 0.25) is 0 Å². The molecule has 8 heteroatoms. The van der Waals surface area contributed by atoms with Crippen molar-refractivity contribution in [1.82, 2.24) is 9.80 Å². The highest BCUT2D eigenvalue weighted by molar-refractivity contribution is 6.27. The predicted octanol–water partition coefficient (Wildman–Crippen LogP) is 1.06. The summed E-state index contributed by atoms with van der Waals surface area (Å²) in [5.74, 6) is -2.72. The topological polar surface area (TPSA) is 107 Å². The van der Waals surface area contributed by atoms with Crippen LogP contribution in [0.2, 0.25) is 0 Å². The summed E-state index contributed by atoms with van der Waals surface area (Å²) in [6, 6.07) is 7.37. The lowest BCUT2D eigenvalue weighted by atomic mass is 10.1. The van der Waals surface area contributed by atoms with E-state index >= 15 is 0 Å². The third-order valence-electron chi connectivity index (χ3n) is 3.93. The van der Waals surface area contributed by atoms with Crippen LogP contribution in [0.5, 0.6) is 5.75 Å². The summed E-state index contributed by atoms with van der Waals surface area (Å²) in [6.45, 7) is 8.03. The Labute approximate surface area is 153 Å². The Morgan fingerprint density at radius 2 is 1.54 bits per heavy atom. The second-order valence-electron chi connectivity index (χ2n) is 6.04. The average Bonchev–Trinajstić information content (AvgIpc) is 2.61. The fourth-order valence-corrected chi connectivity index (χ4v) is 2.34. The predicted molar refractivity (Wildman–Crippen MR) is 95.8 cm³/mol. The molecule has 0 aliphatic carbocycles.